The van der Waals surface area contributed by atoms with Gasteiger partial charge in [-0.1, -0.05) is 0 Å². The van der Waals surface area contributed by atoms with E-state index >= 15 is 0 Å². The van der Waals surface area contributed by atoms with Crippen LogP contribution in [-0.2, 0) is 0 Å². The smallest absolute Gasteiger partial charge is 0.317 e. The van der Waals surface area contributed by atoms with Crippen molar-refractivity contribution in [2.75, 3.05) is 39.3 Å². The molecule has 17 heavy (non-hydrogen) atoms. The van der Waals surface area contributed by atoms with Crippen molar-refractivity contribution in [2.24, 2.45) is 5.92 Å². The van der Waals surface area contributed by atoms with Gasteiger partial charge in [-0.25, -0.2) is 4.79 Å². The highest BCUT2D eigenvalue weighted by Gasteiger charge is 2.31. The lowest BCUT2D eigenvalue weighted by atomic mass is 10.2. The molecular formula is C12H23N3O2. The average molecular weight is 241 g/mol. The standard InChI is InChI=1S/C12H23N3O2/c1-2-13-12(17)15-7-5-14(6-8-15)9-11(16)10-3-4-10/h10-11,16H,2-9H2,1H3,(H,13,17)/t11-/m0/s1. The lowest BCUT2D eigenvalue weighted by molar-refractivity contribution is 0.0697. The third-order valence-electron chi connectivity index (χ3n) is 3.60. The van der Waals surface area contributed by atoms with Crippen molar-refractivity contribution in [3.8, 4) is 0 Å². The molecular weight excluding hydrogens is 218 g/mol. The second kappa shape index (κ2) is 5.69. The van der Waals surface area contributed by atoms with Gasteiger partial charge in [-0.2, -0.15) is 0 Å². The van der Waals surface area contributed by atoms with Crippen molar-refractivity contribution in [2.45, 2.75) is 25.9 Å². The van der Waals surface area contributed by atoms with Gasteiger partial charge in [0.25, 0.3) is 0 Å². The Morgan fingerprint density at radius 3 is 2.53 bits per heavy atom. The number of aliphatic hydroxyl groups excluding tert-OH is 1. The zero-order valence-electron chi connectivity index (χ0n) is 10.6. The molecule has 1 saturated carbocycles. The zero-order chi connectivity index (χ0) is 12.3. The van der Waals surface area contributed by atoms with Gasteiger partial charge in [0.2, 0.25) is 0 Å². The molecule has 1 saturated heterocycles. The number of piperazine rings is 1. The van der Waals surface area contributed by atoms with Crippen LogP contribution in [0.25, 0.3) is 0 Å². The van der Waals surface area contributed by atoms with Gasteiger partial charge in [0, 0.05) is 39.3 Å². The molecule has 98 valence electrons. The van der Waals surface area contributed by atoms with E-state index in [1.807, 2.05) is 11.8 Å². The number of carbonyl (C=O) groups is 1. The van der Waals surface area contributed by atoms with Gasteiger partial charge in [-0.05, 0) is 25.7 Å². The number of aliphatic hydroxyl groups is 1. The Morgan fingerprint density at radius 2 is 2.00 bits per heavy atom. The molecule has 1 atom stereocenters. The number of nitrogens with one attached hydrogen (secondary N) is 1. The average Bonchev–Trinajstić information content (AvgIpc) is 3.14. The highest BCUT2D eigenvalue weighted by Crippen LogP contribution is 2.32. The van der Waals surface area contributed by atoms with Gasteiger partial charge in [0.15, 0.2) is 0 Å². The molecule has 2 N–H and O–H groups in total. The summed E-state index contributed by atoms with van der Waals surface area (Å²) >= 11 is 0. The molecule has 5 heteroatoms. The van der Waals surface area contributed by atoms with Crippen LogP contribution < -0.4 is 5.32 Å². The minimum Gasteiger partial charge on any atom is -0.392 e. The first kappa shape index (κ1) is 12.6. The first-order chi connectivity index (χ1) is 8.20. The van der Waals surface area contributed by atoms with Crippen LogP contribution in [-0.4, -0.2) is 66.3 Å². The van der Waals surface area contributed by atoms with E-state index in [9.17, 15) is 9.90 Å². The number of urea groups is 1. The highest BCUT2D eigenvalue weighted by atomic mass is 16.3. The number of carbonyl (C=O) groups excluding carboxylic acids is 1. The predicted octanol–water partition coefficient (Wildman–Crippen LogP) is 0.104. The summed E-state index contributed by atoms with van der Waals surface area (Å²) in [5, 5.41) is 12.7. The van der Waals surface area contributed by atoms with Crippen LogP contribution in [0, 0.1) is 5.92 Å². The number of nitrogens with zero attached hydrogens (tertiary/aromatic N) is 2. The SMILES string of the molecule is CCNC(=O)N1CCN(C[C@H](O)C2CC2)CC1. The van der Waals surface area contributed by atoms with E-state index in [-0.39, 0.29) is 12.1 Å². The van der Waals surface area contributed by atoms with Crippen LogP contribution >= 0.6 is 0 Å². The van der Waals surface area contributed by atoms with Gasteiger partial charge in [-0.3, -0.25) is 4.90 Å². The van der Waals surface area contributed by atoms with Crippen molar-refractivity contribution in [1.29, 1.82) is 0 Å². The van der Waals surface area contributed by atoms with E-state index in [0.29, 0.717) is 12.5 Å². The first-order valence-electron chi connectivity index (χ1n) is 6.64. The van der Waals surface area contributed by atoms with E-state index in [4.69, 9.17) is 0 Å². The van der Waals surface area contributed by atoms with Crippen molar-refractivity contribution in [1.82, 2.24) is 15.1 Å². The van der Waals surface area contributed by atoms with Crippen LogP contribution in [0.15, 0.2) is 0 Å². The molecule has 1 aliphatic heterocycles. The normalized spacial score (nSPS) is 23.5. The molecule has 2 rings (SSSR count). The summed E-state index contributed by atoms with van der Waals surface area (Å²) < 4.78 is 0. The molecule has 1 heterocycles. The van der Waals surface area contributed by atoms with Crippen molar-refractivity contribution in [3.63, 3.8) is 0 Å². The summed E-state index contributed by atoms with van der Waals surface area (Å²) in [4.78, 5) is 15.7. The Morgan fingerprint density at radius 1 is 1.35 bits per heavy atom. The van der Waals surface area contributed by atoms with Crippen LogP contribution in [0.2, 0.25) is 0 Å². The largest absolute Gasteiger partial charge is 0.392 e. The van der Waals surface area contributed by atoms with Crippen molar-refractivity contribution >= 4 is 6.03 Å². The molecule has 0 spiro atoms. The topological polar surface area (TPSA) is 55.8 Å². The van der Waals surface area contributed by atoms with E-state index < -0.39 is 0 Å². The molecule has 5 nitrogen and oxygen atoms in total. The number of amides is 2. The lowest BCUT2D eigenvalue weighted by Crippen LogP contribution is -2.53. The highest BCUT2D eigenvalue weighted by molar-refractivity contribution is 5.74. The molecule has 1 aliphatic carbocycles. The Kier molecular flexibility index (Phi) is 4.23. The second-order valence-electron chi connectivity index (χ2n) is 5.03. The van der Waals surface area contributed by atoms with Gasteiger partial charge < -0.3 is 15.3 Å². The summed E-state index contributed by atoms with van der Waals surface area (Å²) in [6.07, 6.45) is 2.20. The summed E-state index contributed by atoms with van der Waals surface area (Å²) in [5.41, 5.74) is 0. The zero-order valence-corrected chi connectivity index (χ0v) is 10.6. The van der Waals surface area contributed by atoms with Gasteiger partial charge >= 0.3 is 6.03 Å². The minimum absolute atomic E-state index is 0.0369. The molecule has 0 radical (unpaired) electrons. The third kappa shape index (κ3) is 3.57. The fourth-order valence-electron chi connectivity index (χ4n) is 2.29. The van der Waals surface area contributed by atoms with Crippen molar-refractivity contribution in [3.05, 3.63) is 0 Å². The number of hydrogen-bond acceptors (Lipinski definition) is 3. The first-order valence-corrected chi connectivity index (χ1v) is 6.64. The maximum absolute atomic E-state index is 11.6. The fraction of sp³-hybridized carbons (Fsp3) is 0.917. The van der Waals surface area contributed by atoms with E-state index in [1.165, 1.54) is 12.8 Å². The Labute approximate surface area is 103 Å². The van der Waals surface area contributed by atoms with Crippen molar-refractivity contribution < 1.29 is 9.90 Å². The third-order valence-corrected chi connectivity index (χ3v) is 3.60. The van der Waals surface area contributed by atoms with Gasteiger partial charge in [-0.15, -0.1) is 0 Å². The predicted molar refractivity (Wildman–Crippen MR) is 65.8 cm³/mol. The molecule has 2 aliphatic rings. The maximum atomic E-state index is 11.6. The molecule has 2 amide bonds. The molecule has 0 aromatic heterocycles. The Balaban J connectivity index is 1.68. The molecule has 0 aromatic carbocycles. The quantitative estimate of drug-likeness (QED) is 0.734. The molecule has 0 unspecified atom stereocenters. The second-order valence-corrected chi connectivity index (χ2v) is 5.03. The summed E-state index contributed by atoms with van der Waals surface area (Å²) in [6.45, 7) is 6.67. The van der Waals surface area contributed by atoms with E-state index in [2.05, 4.69) is 10.2 Å². The number of hydrogen-bond donors (Lipinski definition) is 2. The lowest BCUT2D eigenvalue weighted by Gasteiger charge is -2.35. The van der Waals surface area contributed by atoms with Crippen LogP contribution in [0.3, 0.4) is 0 Å². The molecule has 0 aromatic rings. The molecule has 0 bridgehead atoms. The fourth-order valence-corrected chi connectivity index (χ4v) is 2.29. The maximum Gasteiger partial charge on any atom is 0.317 e. The monoisotopic (exact) mass is 241 g/mol. The van der Waals surface area contributed by atoms with Crippen LogP contribution in [0.4, 0.5) is 4.79 Å². The minimum atomic E-state index is -0.161. The Hall–Kier alpha value is -0.810. The van der Waals surface area contributed by atoms with E-state index in [0.717, 1.165) is 32.7 Å². The van der Waals surface area contributed by atoms with Crippen LogP contribution in [0.1, 0.15) is 19.8 Å². The summed E-state index contributed by atoms with van der Waals surface area (Å²) in [5.74, 6) is 0.538. The van der Waals surface area contributed by atoms with Gasteiger partial charge in [0.1, 0.15) is 0 Å². The molecule has 2 fully saturated rings. The van der Waals surface area contributed by atoms with E-state index in [1.54, 1.807) is 0 Å². The number of β-amino-alcohol motifs (C(OH)–C–C–N with tert-alkyl or cyclic N) is 1. The summed E-state index contributed by atoms with van der Waals surface area (Å²) in [6, 6.07) is 0.0369. The summed E-state index contributed by atoms with van der Waals surface area (Å²) in [7, 11) is 0. The number of rotatable bonds is 4. The Bertz CT molecular complexity index is 260. The van der Waals surface area contributed by atoms with Gasteiger partial charge in [0.05, 0.1) is 6.10 Å². The van der Waals surface area contributed by atoms with Crippen LogP contribution in [0.5, 0.6) is 0 Å².